The van der Waals surface area contributed by atoms with E-state index in [1.807, 2.05) is 24.3 Å². The molecule has 5 nitrogen and oxygen atoms in total. The van der Waals surface area contributed by atoms with Gasteiger partial charge in [-0.05, 0) is 53.6 Å². The molecule has 0 saturated carbocycles. The molecule has 0 aliphatic heterocycles. The third-order valence-electron chi connectivity index (χ3n) is 4.93. The van der Waals surface area contributed by atoms with Crippen molar-refractivity contribution in [1.82, 2.24) is 0 Å². The molecule has 1 amide bonds. The largest absolute Gasteiger partial charge is 0.324 e. The number of nitrogens with one attached hydrogen (secondary N) is 1. The highest BCUT2D eigenvalue weighted by atomic mass is 35.5. The zero-order chi connectivity index (χ0) is 19.9. The number of hydrogen-bond donors (Lipinski definition) is 1. The van der Waals surface area contributed by atoms with Gasteiger partial charge in [0.15, 0.2) is 0 Å². The standard InChI is InChI=1S/C21H19ClN2O3S/c1-28(26,27)24(17-6-3-5-16(22)12-17)13-20(25)23-19-11-10-15-9-8-14-4-2-7-18(19)21(14)15/h2-7,10-12H,8-9,13H2,1H3,(H,23,25). The van der Waals surface area contributed by atoms with Crippen LogP contribution < -0.4 is 9.62 Å². The number of nitrogens with zero attached hydrogens (tertiary/aromatic N) is 1. The topological polar surface area (TPSA) is 66.5 Å². The number of sulfonamides is 1. The molecule has 0 aromatic heterocycles. The van der Waals surface area contributed by atoms with Crippen LogP contribution in [0.2, 0.25) is 5.02 Å². The third kappa shape index (κ3) is 3.57. The molecule has 144 valence electrons. The van der Waals surface area contributed by atoms with Crippen molar-refractivity contribution in [3.05, 3.63) is 70.7 Å². The van der Waals surface area contributed by atoms with Crippen molar-refractivity contribution in [3.8, 4) is 0 Å². The molecule has 4 rings (SSSR count). The molecule has 1 aliphatic carbocycles. The monoisotopic (exact) mass is 414 g/mol. The van der Waals surface area contributed by atoms with Crippen LogP contribution in [0, 0.1) is 0 Å². The van der Waals surface area contributed by atoms with E-state index < -0.39 is 15.9 Å². The summed E-state index contributed by atoms with van der Waals surface area (Å²) < 4.78 is 25.5. The highest BCUT2D eigenvalue weighted by molar-refractivity contribution is 7.92. The van der Waals surface area contributed by atoms with Crippen molar-refractivity contribution in [2.75, 3.05) is 22.4 Å². The Balaban J connectivity index is 1.63. The minimum Gasteiger partial charge on any atom is -0.324 e. The second-order valence-corrected chi connectivity index (χ2v) is 9.25. The minimum absolute atomic E-state index is 0.331. The molecule has 3 aromatic rings. The Bertz CT molecular complexity index is 1180. The Kier molecular flexibility index (Phi) is 4.77. The summed E-state index contributed by atoms with van der Waals surface area (Å²) in [4.78, 5) is 12.7. The van der Waals surface area contributed by atoms with Gasteiger partial charge < -0.3 is 5.32 Å². The molecule has 0 spiro atoms. The van der Waals surface area contributed by atoms with Crippen LogP contribution in [0.1, 0.15) is 11.1 Å². The van der Waals surface area contributed by atoms with Gasteiger partial charge in [0.25, 0.3) is 0 Å². The summed E-state index contributed by atoms with van der Waals surface area (Å²) in [5, 5.41) is 5.45. The first-order valence-corrected chi connectivity index (χ1v) is 11.1. The van der Waals surface area contributed by atoms with Crippen molar-refractivity contribution in [2.24, 2.45) is 0 Å². The van der Waals surface area contributed by atoms with Gasteiger partial charge in [-0.3, -0.25) is 9.10 Å². The maximum atomic E-state index is 12.7. The number of rotatable bonds is 5. The van der Waals surface area contributed by atoms with Gasteiger partial charge in [-0.15, -0.1) is 0 Å². The highest BCUT2D eigenvalue weighted by Crippen LogP contribution is 2.35. The highest BCUT2D eigenvalue weighted by Gasteiger charge is 2.22. The lowest BCUT2D eigenvalue weighted by atomic mass is 10.0. The number of aryl methyl sites for hydroxylation is 2. The fourth-order valence-electron chi connectivity index (χ4n) is 3.71. The van der Waals surface area contributed by atoms with E-state index in [0.29, 0.717) is 16.4 Å². The fourth-order valence-corrected chi connectivity index (χ4v) is 4.74. The summed E-state index contributed by atoms with van der Waals surface area (Å²) in [7, 11) is -3.65. The number of hydrogen-bond acceptors (Lipinski definition) is 3. The van der Waals surface area contributed by atoms with Crippen LogP contribution in [-0.4, -0.2) is 27.1 Å². The Morgan fingerprint density at radius 1 is 1.07 bits per heavy atom. The van der Waals surface area contributed by atoms with Gasteiger partial charge in [-0.2, -0.15) is 0 Å². The number of benzene rings is 3. The number of amides is 1. The first-order chi connectivity index (χ1) is 13.3. The van der Waals surface area contributed by atoms with E-state index in [9.17, 15) is 13.2 Å². The Morgan fingerprint density at radius 3 is 2.50 bits per heavy atom. The second-order valence-electron chi connectivity index (χ2n) is 6.91. The van der Waals surface area contributed by atoms with Crippen LogP contribution in [0.25, 0.3) is 10.8 Å². The zero-order valence-corrected chi connectivity index (χ0v) is 16.8. The molecule has 0 unspecified atom stereocenters. The van der Waals surface area contributed by atoms with Crippen LogP contribution >= 0.6 is 11.6 Å². The molecule has 1 aliphatic rings. The normalized spacial score (nSPS) is 12.9. The fraction of sp³-hybridized carbons (Fsp3) is 0.190. The predicted molar refractivity (Wildman–Crippen MR) is 114 cm³/mol. The quantitative estimate of drug-likeness (QED) is 0.686. The van der Waals surface area contributed by atoms with Crippen molar-refractivity contribution >= 4 is 49.7 Å². The number of carbonyl (C=O) groups excluding carboxylic acids is 1. The van der Waals surface area contributed by atoms with Crippen molar-refractivity contribution in [1.29, 1.82) is 0 Å². The van der Waals surface area contributed by atoms with Crippen LogP contribution in [0.3, 0.4) is 0 Å². The summed E-state index contributed by atoms with van der Waals surface area (Å²) >= 11 is 5.98. The molecule has 0 heterocycles. The average Bonchev–Trinajstić information content (AvgIpc) is 3.06. The van der Waals surface area contributed by atoms with Crippen LogP contribution in [0.4, 0.5) is 11.4 Å². The summed E-state index contributed by atoms with van der Waals surface area (Å²) in [6, 6.07) is 16.4. The SMILES string of the molecule is CS(=O)(=O)N(CC(=O)Nc1ccc2c3c(cccc13)CC2)c1cccc(Cl)c1. The van der Waals surface area contributed by atoms with E-state index in [2.05, 4.69) is 11.4 Å². The van der Waals surface area contributed by atoms with Gasteiger partial charge in [-0.1, -0.05) is 41.9 Å². The summed E-state index contributed by atoms with van der Waals surface area (Å²) in [6.45, 7) is -0.331. The molecular formula is C21H19ClN2O3S. The smallest absolute Gasteiger partial charge is 0.245 e. The molecule has 1 N–H and O–H groups in total. The van der Waals surface area contributed by atoms with Gasteiger partial charge in [0, 0.05) is 16.1 Å². The number of halogens is 1. The molecule has 0 saturated heterocycles. The number of carbonyl (C=O) groups is 1. The van der Waals surface area contributed by atoms with E-state index in [1.165, 1.54) is 22.6 Å². The molecule has 0 atom stereocenters. The zero-order valence-electron chi connectivity index (χ0n) is 15.3. The summed E-state index contributed by atoms with van der Waals surface area (Å²) in [6.07, 6.45) is 3.07. The van der Waals surface area contributed by atoms with Gasteiger partial charge in [0.05, 0.1) is 11.9 Å². The first-order valence-electron chi connectivity index (χ1n) is 8.89. The molecule has 7 heteroatoms. The average molecular weight is 415 g/mol. The summed E-state index contributed by atoms with van der Waals surface area (Å²) in [5.41, 5.74) is 3.60. The maximum absolute atomic E-state index is 12.7. The Morgan fingerprint density at radius 2 is 1.79 bits per heavy atom. The van der Waals surface area contributed by atoms with Gasteiger partial charge >= 0.3 is 0 Å². The first kappa shape index (κ1) is 18.8. The van der Waals surface area contributed by atoms with E-state index in [4.69, 9.17) is 11.6 Å². The minimum atomic E-state index is -3.65. The van der Waals surface area contributed by atoms with E-state index in [0.717, 1.165) is 28.8 Å². The molecule has 0 fully saturated rings. The summed E-state index contributed by atoms with van der Waals surface area (Å²) in [5.74, 6) is -0.413. The van der Waals surface area contributed by atoms with Gasteiger partial charge in [-0.25, -0.2) is 8.42 Å². The van der Waals surface area contributed by atoms with Crippen LogP contribution in [-0.2, 0) is 27.7 Å². The Labute approximate surface area is 169 Å². The Hall–Kier alpha value is -2.57. The van der Waals surface area contributed by atoms with Gasteiger partial charge in [0.2, 0.25) is 15.9 Å². The van der Waals surface area contributed by atoms with Crippen molar-refractivity contribution in [3.63, 3.8) is 0 Å². The van der Waals surface area contributed by atoms with Gasteiger partial charge in [0.1, 0.15) is 6.54 Å². The lowest BCUT2D eigenvalue weighted by Crippen LogP contribution is -2.37. The maximum Gasteiger partial charge on any atom is 0.245 e. The molecule has 0 radical (unpaired) electrons. The third-order valence-corrected chi connectivity index (χ3v) is 6.31. The van der Waals surface area contributed by atoms with E-state index in [1.54, 1.807) is 18.2 Å². The van der Waals surface area contributed by atoms with Crippen LogP contribution in [0.5, 0.6) is 0 Å². The predicted octanol–water partition coefficient (Wildman–Crippen LogP) is 4.00. The molecule has 28 heavy (non-hydrogen) atoms. The molecular weight excluding hydrogens is 396 g/mol. The lowest BCUT2D eigenvalue weighted by molar-refractivity contribution is -0.114. The van der Waals surface area contributed by atoms with E-state index >= 15 is 0 Å². The van der Waals surface area contributed by atoms with Crippen molar-refractivity contribution in [2.45, 2.75) is 12.8 Å². The lowest BCUT2D eigenvalue weighted by Gasteiger charge is -2.22. The number of anilines is 2. The molecule has 0 bridgehead atoms. The molecule has 3 aromatic carbocycles. The van der Waals surface area contributed by atoms with Crippen molar-refractivity contribution < 1.29 is 13.2 Å². The second kappa shape index (κ2) is 7.11. The van der Waals surface area contributed by atoms with Crippen LogP contribution in [0.15, 0.2) is 54.6 Å². The van der Waals surface area contributed by atoms with E-state index in [-0.39, 0.29) is 6.54 Å².